The second kappa shape index (κ2) is 5.68. The Hall–Kier alpha value is -1.32. The summed E-state index contributed by atoms with van der Waals surface area (Å²) in [4.78, 5) is 0. The zero-order valence-corrected chi connectivity index (χ0v) is 11.1. The molecule has 0 unspecified atom stereocenters. The summed E-state index contributed by atoms with van der Waals surface area (Å²) in [6.07, 6.45) is 2.07. The van der Waals surface area contributed by atoms with Crippen molar-refractivity contribution in [2.45, 2.75) is 33.1 Å². The van der Waals surface area contributed by atoms with Gasteiger partial charge in [0.25, 0.3) is 0 Å². The molecule has 0 fully saturated rings. The summed E-state index contributed by atoms with van der Waals surface area (Å²) >= 11 is 3.45. The highest BCUT2D eigenvalue weighted by molar-refractivity contribution is 9.10. The van der Waals surface area contributed by atoms with Gasteiger partial charge in [0.15, 0.2) is 0 Å². The molecule has 3 heteroatoms. The first-order valence-corrected chi connectivity index (χ1v) is 6.08. The minimum Gasteiger partial charge on any atom is -0.198 e. The SMILES string of the molecule is CCc1cc(CC)c(CC#N)c(Br)c1C#N. The Kier molecular flexibility index (Phi) is 4.52. The average molecular weight is 277 g/mol. The molecule has 2 nitrogen and oxygen atoms in total. The molecule has 0 bridgehead atoms. The van der Waals surface area contributed by atoms with Crippen molar-refractivity contribution in [3.63, 3.8) is 0 Å². The Morgan fingerprint density at radius 1 is 1.19 bits per heavy atom. The van der Waals surface area contributed by atoms with Crippen LogP contribution < -0.4 is 0 Å². The van der Waals surface area contributed by atoms with E-state index in [1.54, 1.807) is 0 Å². The van der Waals surface area contributed by atoms with Crippen LogP contribution in [0.2, 0.25) is 0 Å². The van der Waals surface area contributed by atoms with Gasteiger partial charge in [-0.2, -0.15) is 10.5 Å². The number of hydrogen-bond donors (Lipinski definition) is 0. The first kappa shape index (κ1) is 12.7. The highest BCUT2D eigenvalue weighted by Crippen LogP contribution is 2.29. The maximum Gasteiger partial charge on any atom is 0.101 e. The van der Waals surface area contributed by atoms with Crippen LogP contribution in [0.5, 0.6) is 0 Å². The smallest absolute Gasteiger partial charge is 0.101 e. The van der Waals surface area contributed by atoms with Gasteiger partial charge in [0.05, 0.1) is 18.1 Å². The minimum atomic E-state index is 0.350. The monoisotopic (exact) mass is 276 g/mol. The molecule has 82 valence electrons. The fourth-order valence-corrected chi connectivity index (χ4v) is 2.53. The Labute approximate surface area is 105 Å². The fraction of sp³-hybridized carbons (Fsp3) is 0.385. The number of nitriles is 2. The predicted molar refractivity (Wildman–Crippen MR) is 66.9 cm³/mol. The Morgan fingerprint density at radius 3 is 2.25 bits per heavy atom. The van der Waals surface area contributed by atoms with Gasteiger partial charge in [-0.1, -0.05) is 19.9 Å². The van der Waals surface area contributed by atoms with E-state index in [2.05, 4.69) is 41.1 Å². The predicted octanol–water partition coefficient (Wildman–Crippen LogP) is 3.51. The average Bonchev–Trinajstić information content (AvgIpc) is 2.31. The number of rotatable bonds is 3. The van der Waals surface area contributed by atoms with Gasteiger partial charge in [0, 0.05) is 4.47 Å². The summed E-state index contributed by atoms with van der Waals surface area (Å²) in [6.45, 7) is 4.10. The van der Waals surface area contributed by atoms with Gasteiger partial charge in [-0.25, -0.2) is 0 Å². The molecule has 16 heavy (non-hydrogen) atoms. The van der Waals surface area contributed by atoms with Gasteiger partial charge in [0.1, 0.15) is 6.07 Å². The molecule has 0 saturated carbocycles. The molecule has 0 aliphatic heterocycles. The van der Waals surface area contributed by atoms with Crippen molar-refractivity contribution >= 4 is 15.9 Å². The minimum absolute atomic E-state index is 0.350. The highest BCUT2D eigenvalue weighted by atomic mass is 79.9. The fourth-order valence-electron chi connectivity index (χ4n) is 1.79. The lowest BCUT2D eigenvalue weighted by molar-refractivity contribution is 1.03. The van der Waals surface area contributed by atoms with E-state index in [1.807, 2.05) is 6.92 Å². The Morgan fingerprint density at radius 2 is 1.81 bits per heavy atom. The summed E-state index contributed by atoms with van der Waals surface area (Å²) in [5, 5.41) is 17.9. The van der Waals surface area contributed by atoms with Crippen molar-refractivity contribution in [3.8, 4) is 12.1 Å². The van der Waals surface area contributed by atoms with Crippen molar-refractivity contribution < 1.29 is 0 Å². The molecule has 0 spiro atoms. The van der Waals surface area contributed by atoms with E-state index in [4.69, 9.17) is 10.5 Å². The third-order valence-corrected chi connectivity index (χ3v) is 3.55. The van der Waals surface area contributed by atoms with E-state index in [9.17, 15) is 0 Å². The molecular formula is C13H13BrN2. The number of benzene rings is 1. The maximum absolute atomic E-state index is 9.12. The van der Waals surface area contributed by atoms with Gasteiger partial charge >= 0.3 is 0 Å². The van der Waals surface area contributed by atoms with E-state index in [1.165, 1.54) is 0 Å². The number of aryl methyl sites for hydroxylation is 2. The number of hydrogen-bond acceptors (Lipinski definition) is 2. The van der Waals surface area contributed by atoms with Crippen LogP contribution in [0.25, 0.3) is 0 Å². The molecule has 0 aliphatic rings. The topological polar surface area (TPSA) is 47.6 Å². The van der Waals surface area contributed by atoms with E-state index in [0.717, 1.165) is 34.0 Å². The van der Waals surface area contributed by atoms with Crippen LogP contribution in [0.1, 0.15) is 36.1 Å². The van der Waals surface area contributed by atoms with Crippen molar-refractivity contribution in [1.82, 2.24) is 0 Å². The number of halogens is 1. The second-order valence-electron chi connectivity index (χ2n) is 3.52. The van der Waals surface area contributed by atoms with Crippen molar-refractivity contribution in [3.05, 3.63) is 32.8 Å². The van der Waals surface area contributed by atoms with Crippen molar-refractivity contribution in [2.75, 3.05) is 0 Å². The molecule has 1 rings (SSSR count). The van der Waals surface area contributed by atoms with Gasteiger partial charge < -0.3 is 0 Å². The summed E-state index contributed by atoms with van der Waals surface area (Å²) in [6, 6.07) is 6.41. The molecule has 0 N–H and O–H groups in total. The lowest BCUT2D eigenvalue weighted by Gasteiger charge is -2.12. The zero-order chi connectivity index (χ0) is 12.1. The standard InChI is InChI=1S/C13H13BrN2/c1-3-9-7-10(4-2)12(8-16)13(14)11(9)5-6-15/h7H,3-5H2,1-2H3. The third-order valence-electron chi connectivity index (χ3n) is 2.67. The maximum atomic E-state index is 9.12. The largest absolute Gasteiger partial charge is 0.198 e. The molecule has 0 radical (unpaired) electrons. The Balaban J connectivity index is 3.51. The summed E-state index contributed by atoms with van der Waals surface area (Å²) in [7, 11) is 0. The molecule has 1 aromatic rings. The summed E-state index contributed by atoms with van der Waals surface area (Å²) in [5.41, 5.74) is 3.83. The quantitative estimate of drug-likeness (QED) is 0.848. The molecular weight excluding hydrogens is 264 g/mol. The molecule has 0 heterocycles. The van der Waals surface area contributed by atoms with Gasteiger partial charge in [-0.3, -0.25) is 0 Å². The van der Waals surface area contributed by atoms with E-state index in [-0.39, 0.29) is 0 Å². The van der Waals surface area contributed by atoms with Gasteiger partial charge in [0.2, 0.25) is 0 Å². The Bertz CT molecular complexity index is 478. The second-order valence-corrected chi connectivity index (χ2v) is 4.31. The lowest BCUT2D eigenvalue weighted by Crippen LogP contribution is -2.00. The van der Waals surface area contributed by atoms with Crippen LogP contribution in [0.15, 0.2) is 10.5 Å². The first-order chi connectivity index (χ1) is 7.69. The molecule has 0 aliphatic carbocycles. The molecule has 0 atom stereocenters. The highest BCUT2D eigenvalue weighted by Gasteiger charge is 2.14. The van der Waals surface area contributed by atoms with E-state index >= 15 is 0 Å². The van der Waals surface area contributed by atoms with Crippen molar-refractivity contribution in [1.29, 1.82) is 10.5 Å². The molecule has 0 amide bonds. The van der Waals surface area contributed by atoms with Crippen LogP contribution in [0, 0.1) is 22.7 Å². The van der Waals surface area contributed by atoms with E-state index in [0.29, 0.717) is 12.0 Å². The van der Waals surface area contributed by atoms with Crippen LogP contribution in [0.4, 0.5) is 0 Å². The first-order valence-electron chi connectivity index (χ1n) is 5.29. The molecule has 0 aromatic heterocycles. The van der Waals surface area contributed by atoms with Crippen molar-refractivity contribution in [2.24, 2.45) is 0 Å². The summed E-state index contributed by atoms with van der Waals surface area (Å²) < 4.78 is 0.799. The molecule has 0 saturated heterocycles. The van der Waals surface area contributed by atoms with Gasteiger partial charge in [-0.15, -0.1) is 0 Å². The number of nitrogens with zero attached hydrogens (tertiary/aromatic N) is 2. The summed E-state index contributed by atoms with van der Waals surface area (Å²) in [5.74, 6) is 0. The molecule has 1 aromatic carbocycles. The van der Waals surface area contributed by atoms with Crippen LogP contribution in [-0.4, -0.2) is 0 Å². The lowest BCUT2D eigenvalue weighted by atomic mass is 9.94. The zero-order valence-electron chi connectivity index (χ0n) is 9.47. The third kappa shape index (κ3) is 2.26. The van der Waals surface area contributed by atoms with E-state index < -0.39 is 0 Å². The van der Waals surface area contributed by atoms with Gasteiger partial charge in [-0.05, 0) is 45.5 Å². The van der Waals surface area contributed by atoms with Crippen LogP contribution in [-0.2, 0) is 19.3 Å². The van der Waals surface area contributed by atoms with Crippen LogP contribution in [0.3, 0.4) is 0 Å². The normalized spacial score (nSPS) is 9.56. The van der Waals surface area contributed by atoms with Crippen LogP contribution >= 0.6 is 15.9 Å².